The van der Waals surface area contributed by atoms with Crippen LogP contribution in [0.3, 0.4) is 0 Å². The van der Waals surface area contributed by atoms with E-state index in [0.29, 0.717) is 0 Å². The molecule has 0 radical (unpaired) electrons. The van der Waals surface area contributed by atoms with Crippen LogP contribution in [-0.2, 0) is 6.42 Å². The number of aromatic nitrogens is 2. The zero-order chi connectivity index (χ0) is 14.0. The highest BCUT2D eigenvalue weighted by Gasteiger charge is 2.29. The molecule has 0 spiro atoms. The first-order valence-corrected chi connectivity index (χ1v) is 5.30. The molecule has 2 aromatic rings. The van der Waals surface area contributed by atoms with E-state index >= 15 is 0 Å². The number of benzene rings is 1. The lowest BCUT2D eigenvalue weighted by Crippen LogP contribution is -2.12. The van der Waals surface area contributed by atoms with Gasteiger partial charge in [-0.1, -0.05) is 24.3 Å². The number of halogens is 3. The van der Waals surface area contributed by atoms with Crippen LogP contribution in [0.4, 0.5) is 13.2 Å². The molecule has 19 heavy (non-hydrogen) atoms. The van der Waals surface area contributed by atoms with Crippen molar-refractivity contribution in [2.24, 2.45) is 0 Å². The van der Waals surface area contributed by atoms with E-state index in [2.05, 4.69) is 10.2 Å². The summed E-state index contributed by atoms with van der Waals surface area (Å²) in [5, 5.41) is 14.7. The molecule has 1 aromatic heterocycles. The van der Waals surface area contributed by atoms with Gasteiger partial charge in [0.1, 0.15) is 5.69 Å². The average Bonchev–Trinajstić information content (AvgIpc) is 2.76. The largest absolute Gasteiger partial charge is 0.477 e. The van der Waals surface area contributed by atoms with Crippen molar-refractivity contribution in [3.8, 4) is 11.3 Å². The summed E-state index contributed by atoms with van der Waals surface area (Å²) >= 11 is 0. The van der Waals surface area contributed by atoms with E-state index < -0.39 is 18.6 Å². The Morgan fingerprint density at radius 3 is 2.58 bits per heavy atom. The van der Waals surface area contributed by atoms with E-state index in [1.54, 1.807) is 6.07 Å². The fourth-order valence-corrected chi connectivity index (χ4v) is 1.71. The number of carbonyl (C=O) groups is 1. The number of rotatable bonds is 3. The lowest BCUT2D eigenvalue weighted by molar-refractivity contribution is -0.127. The first kappa shape index (κ1) is 13.1. The highest BCUT2D eigenvalue weighted by atomic mass is 19.4. The van der Waals surface area contributed by atoms with Crippen molar-refractivity contribution in [2.45, 2.75) is 12.6 Å². The number of aromatic amines is 1. The lowest BCUT2D eigenvalue weighted by atomic mass is 10.0. The van der Waals surface area contributed by atoms with Crippen LogP contribution in [0.1, 0.15) is 16.1 Å². The fourth-order valence-electron chi connectivity index (χ4n) is 1.71. The van der Waals surface area contributed by atoms with Crippen molar-refractivity contribution in [2.75, 3.05) is 0 Å². The summed E-state index contributed by atoms with van der Waals surface area (Å²) in [6, 6.07) is 7.10. The molecule has 0 aliphatic rings. The topological polar surface area (TPSA) is 66.0 Å². The van der Waals surface area contributed by atoms with Gasteiger partial charge in [0, 0.05) is 5.56 Å². The van der Waals surface area contributed by atoms with E-state index in [1.165, 1.54) is 24.3 Å². The van der Waals surface area contributed by atoms with Gasteiger partial charge in [0.25, 0.3) is 0 Å². The standard InChI is InChI=1S/C12H9F3N2O2/c13-12(14,15)6-7-3-1-2-4-8(7)9-5-10(11(18)19)17-16-9/h1-5H,6H2,(H,16,17)(H,18,19). The van der Waals surface area contributed by atoms with Crippen molar-refractivity contribution in [3.63, 3.8) is 0 Å². The molecule has 0 saturated carbocycles. The summed E-state index contributed by atoms with van der Waals surface area (Å²) in [7, 11) is 0. The molecule has 0 bridgehead atoms. The van der Waals surface area contributed by atoms with Crippen molar-refractivity contribution in [3.05, 3.63) is 41.6 Å². The summed E-state index contributed by atoms with van der Waals surface area (Å²) in [5.41, 5.74) is 0.330. The number of aromatic carboxylic acids is 1. The van der Waals surface area contributed by atoms with Gasteiger partial charge in [-0.2, -0.15) is 18.3 Å². The van der Waals surface area contributed by atoms with Crippen LogP contribution in [0.25, 0.3) is 11.3 Å². The van der Waals surface area contributed by atoms with Gasteiger partial charge in [-0.25, -0.2) is 4.79 Å². The minimum atomic E-state index is -4.33. The molecule has 7 heteroatoms. The Bertz CT molecular complexity index is 605. The van der Waals surface area contributed by atoms with Gasteiger partial charge in [0.2, 0.25) is 0 Å². The molecule has 2 rings (SSSR count). The second kappa shape index (κ2) is 4.75. The number of carboxylic acid groups (broad SMARTS) is 1. The van der Waals surface area contributed by atoms with Gasteiger partial charge in [-0.15, -0.1) is 0 Å². The Labute approximate surface area is 105 Å². The molecule has 0 amide bonds. The van der Waals surface area contributed by atoms with Gasteiger partial charge in [-0.05, 0) is 11.6 Å². The first-order valence-electron chi connectivity index (χ1n) is 5.30. The van der Waals surface area contributed by atoms with E-state index in [0.717, 1.165) is 0 Å². The third kappa shape index (κ3) is 3.12. The molecule has 2 N–H and O–H groups in total. The van der Waals surface area contributed by atoms with Crippen LogP contribution in [0.15, 0.2) is 30.3 Å². The zero-order valence-corrected chi connectivity index (χ0v) is 9.53. The summed E-state index contributed by atoms with van der Waals surface area (Å²) in [6.45, 7) is 0. The first-order chi connectivity index (χ1) is 8.87. The van der Waals surface area contributed by atoms with Crippen LogP contribution in [0.5, 0.6) is 0 Å². The Morgan fingerprint density at radius 1 is 1.32 bits per heavy atom. The molecule has 0 aliphatic heterocycles. The van der Waals surface area contributed by atoms with Crippen molar-refractivity contribution in [1.29, 1.82) is 0 Å². The minimum absolute atomic E-state index is 0.0541. The predicted molar refractivity (Wildman–Crippen MR) is 60.7 cm³/mol. The molecule has 0 unspecified atom stereocenters. The van der Waals surface area contributed by atoms with Gasteiger partial charge >= 0.3 is 12.1 Å². The Kier molecular flexibility index (Phi) is 3.28. The molecule has 0 saturated heterocycles. The highest BCUT2D eigenvalue weighted by molar-refractivity contribution is 5.87. The normalized spacial score (nSPS) is 11.5. The summed E-state index contributed by atoms with van der Waals surface area (Å²) in [5.74, 6) is -1.22. The minimum Gasteiger partial charge on any atom is -0.477 e. The maximum Gasteiger partial charge on any atom is 0.393 e. The van der Waals surface area contributed by atoms with E-state index in [-0.39, 0.29) is 22.5 Å². The number of nitrogens with zero attached hydrogens (tertiary/aromatic N) is 1. The third-order valence-corrected chi connectivity index (χ3v) is 2.49. The quantitative estimate of drug-likeness (QED) is 0.901. The van der Waals surface area contributed by atoms with Crippen LogP contribution < -0.4 is 0 Å². The van der Waals surface area contributed by atoms with Gasteiger partial charge in [0.05, 0.1) is 12.1 Å². The smallest absolute Gasteiger partial charge is 0.393 e. The fraction of sp³-hybridized carbons (Fsp3) is 0.167. The zero-order valence-electron chi connectivity index (χ0n) is 9.53. The molecule has 0 atom stereocenters. The number of hydrogen-bond donors (Lipinski definition) is 2. The predicted octanol–water partition coefficient (Wildman–Crippen LogP) is 2.88. The molecule has 0 fully saturated rings. The molecular weight excluding hydrogens is 261 g/mol. The Hall–Kier alpha value is -2.31. The molecular formula is C12H9F3N2O2. The van der Waals surface area contributed by atoms with Crippen molar-refractivity contribution >= 4 is 5.97 Å². The number of nitrogens with one attached hydrogen (secondary N) is 1. The number of hydrogen-bond acceptors (Lipinski definition) is 2. The number of alkyl halides is 3. The van der Waals surface area contributed by atoms with Gasteiger partial charge in [-0.3, -0.25) is 5.10 Å². The van der Waals surface area contributed by atoms with Crippen LogP contribution >= 0.6 is 0 Å². The highest BCUT2D eigenvalue weighted by Crippen LogP contribution is 2.28. The van der Waals surface area contributed by atoms with Gasteiger partial charge < -0.3 is 5.11 Å². The Balaban J connectivity index is 2.41. The lowest BCUT2D eigenvalue weighted by Gasteiger charge is -2.09. The summed E-state index contributed by atoms with van der Waals surface area (Å²) in [6.07, 6.45) is -5.42. The average molecular weight is 270 g/mol. The van der Waals surface area contributed by atoms with Crippen LogP contribution in [0, 0.1) is 0 Å². The Morgan fingerprint density at radius 2 is 2.00 bits per heavy atom. The van der Waals surface area contributed by atoms with E-state index in [9.17, 15) is 18.0 Å². The van der Waals surface area contributed by atoms with Crippen molar-refractivity contribution < 1.29 is 23.1 Å². The number of H-pyrrole nitrogens is 1. The number of carboxylic acids is 1. The molecule has 1 heterocycles. The van der Waals surface area contributed by atoms with Crippen molar-refractivity contribution in [1.82, 2.24) is 10.2 Å². The summed E-state index contributed by atoms with van der Waals surface area (Å²) < 4.78 is 37.3. The van der Waals surface area contributed by atoms with Crippen LogP contribution in [-0.4, -0.2) is 27.4 Å². The second-order valence-corrected chi connectivity index (χ2v) is 3.92. The maximum atomic E-state index is 12.4. The molecule has 100 valence electrons. The summed E-state index contributed by atoms with van der Waals surface area (Å²) in [4.78, 5) is 10.7. The molecule has 4 nitrogen and oxygen atoms in total. The maximum absolute atomic E-state index is 12.4. The van der Waals surface area contributed by atoms with E-state index in [4.69, 9.17) is 5.11 Å². The SMILES string of the molecule is O=C(O)c1cc(-c2ccccc2CC(F)(F)F)n[nH]1. The third-order valence-electron chi connectivity index (χ3n) is 2.49. The second-order valence-electron chi connectivity index (χ2n) is 3.92. The van der Waals surface area contributed by atoms with Gasteiger partial charge in [0.15, 0.2) is 0 Å². The van der Waals surface area contributed by atoms with E-state index in [1.807, 2.05) is 0 Å². The molecule has 1 aromatic carbocycles. The monoisotopic (exact) mass is 270 g/mol. The van der Waals surface area contributed by atoms with Crippen LogP contribution in [0.2, 0.25) is 0 Å². The molecule has 0 aliphatic carbocycles.